The monoisotopic (exact) mass is 344 g/mol. The fourth-order valence-corrected chi connectivity index (χ4v) is 3.42. The Morgan fingerprint density at radius 2 is 1.68 bits per heavy atom. The molecule has 0 saturated carbocycles. The summed E-state index contributed by atoms with van der Waals surface area (Å²) in [5.74, 6) is 0.0656. The van der Waals surface area contributed by atoms with Crippen LogP contribution in [0.3, 0.4) is 0 Å². The highest BCUT2D eigenvalue weighted by Gasteiger charge is 2.17. The third-order valence-electron chi connectivity index (χ3n) is 4.93. The number of hydrogen-bond acceptors (Lipinski definition) is 3. The van der Waals surface area contributed by atoms with E-state index in [4.69, 9.17) is 0 Å². The van der Waals surface area contributed by atoms with Gasteiger partial charge in [-0.3, -0.25) is 4.79 Å². The number of rotatable bonds is 3. The fourth-order valence-electron chi connectivity index (χ4n) is 3.42. The van der Waals surface area contributed by atoms with E-state index < -0.39 is 0 Å². The number of urea groups is 1. The minimum Gasteiger partial charge on any atom is -0.360 e. The SMILES string of the molecule is O=C1CN(c2ccc(CNC(=O)N3CCCCCCC3)cc2)CCN1. The van der Waals surface area contributed by atoms with Gasteiger partial charge in [-0.25, -0.2) is 4.79 Å². The zero-order chi connectivity index (χ0) is 17.5. The van der Waals surface area contributed by atoms with Crippen molar-refractivity contribution in [2.75, 3.05) is 37.6 Å². The van der Waals surface area contributed by atoms with Crippen molar-refractivity contribution in [3.05, 3.63) is 29.8 Å². The molecule has 2 aliphatic heterocycles. The second kappa shape index (κ2) is 8.74. The van der Waals surface area contributed by atoms with E-state index in [0.29, 0.717) is 19.6 Å². The van der Waals surface area contributed by atoms with Crippen molar-refractivity contribution in [2.45, 2.75) is 38.6 Å². The van der Waals surface area contributed by atoms with Crippen LogP contribution in [0.25, 0.3) is 0 Å². The van der Waals surface area contributed by atoms with Gasteiger partial charge < -0.3 is 20.4 Å². The van der Waals surface area contributed by atoms with Gasteiger partial charge in [-0.05, 0) is 30.5 Å². The van der Waals surface area contributed by atoms with Crippen LogP contribution < -0.4 is 15.5 Å². The van der Waals surface area contributed by atoms with E-state index >= 15 is 0 Å². The highest BCUT2D eigenvalue weighted by atomic mass is 16.2. The molecule has 6 nitrogen and oxygen atoms in total. The molecule has 3 rings (SSSR count). The summed E-state index contributed by atoms with van der Waals surface area (Å²) in [5.41, 5.74) is 2.12. The second-order valence-corrected chi connectivity index (χ2v) is 6.85. The first kappa shape index (κ1) is 17.6. The Morgan fingerprint density at radius 1 is 1.00 bits per heavy atom. The molecule has 136 valence electrons. The summed E-state index contributed by atoms with van der Waals surface area (Å²) < 4.78 is 0. The van der Waals surface area contributed by atoms with Crippen molar-refractivity contribution < 1.29 is 9.59 Å². The number of hydrogen-bond donors (Lipinski definition) is 2. The Kier molecular flexibility index (Phi) is 6.14. The van der Waals surface area contributed by atoms with Crippen molar-refractivity contribution in [3.63, 3.8) is 0 Å². The Balaban J connectivity index is 1.49. The van der Waals surface area contributed by atoms with Gasteiger partial charge in [0.2, 0.25) is 5.91 Å². The van der Waals surface area contributed by atoms with E-state index in [1.165, 1.54) is 19.3 Å². The van der Waals surface area contributed by atoms with Gasteiger partial charge in [0.1, 0.15) is 0 Å². The van der Waals surface area contributed by atoms with Crippen LogP contribution in [0.2, 0.25) is 0 Å². The summed E-state index contributed by atoms with van der Waals surface area (Å²) in [6, 6.07) is 8.14. The summed E-state index contributed by atoms with van der Waals surface area (Å²) in [6.07, 6.45) is 5.94. The molecule has 25 heavy (non-hydrogen) atoms. The molecule has 0 aliphatic carbocycles. The number of likely N-dealkylation sites (tertiary alicyclic amines) is 1. The van der Waals surface area contributed by atoms with Crippen LogP contribution in [0.15, 0.2) is 24.3 Å². The van der Waals surface area contributed by atoms with Gasteiger partial charge in [0.15, 0.2) is 0 Å². The predicted octanol–water partition coefficient (Wildman–Crippen LogP) is 2.10. The quantitative estimate of drug-likeness (QED) is 0.883. The summed E-state index contributed by atoms with van der Waals surface area (Å²) in [5, 5.41) is 5.86. The number of anilines is 1. The van der Waals surface area contributed by atoms with Crippen LogP contribution in [0.5, 0.6) is 0 Å². The minimum atomic E-state index is 0.0404. The fraction of sp³-hybridized carbons (Fsp3) is 0.579. The van der Waals surface area contributed by atoms with Crippen molar-refractivity contribution >= 4 is 17.6 Å². The van der Waals surface area contributed by atoms with E-state index in [1.807, 2.05) is 29.2 Å². The first-order valence-corrected chi connectivity index (χ1v) is 9.36. The van der Waals surface area contributed by atoms with Crippen LogP contribution in [0.4, 0.5) is 10.5 Å². The van der Waals surface area contributed by atoms with Gasteiger partial charge in [-0.15, -0.1) is 0 Å². The molecule has 2 aliphatic rings. The predicted molar refractivity (Wildman–Crippen MR) is 98.6 cm³/mol. The maximum atomic E-state index is 12.3. The van der Waals surface area contributed by atoms with Crippen LogP contribution in [0, 0.1) is 0 Å². The number of nitrogens with one attached hydrogen (secondary N) is 2. The largest absolute Gasteiger partial charge is 0.360 e. The molecular formula is C19H28N4O2. The topological polar surface area (TPSA) is 64.7 Å². The van der Waals surface area contributed by atoms with Crippen molar-refractivity contribution in [2.24, 2.45) is 0 Å². The Morgan fingerprint density at radius 3 is 2.36 bits per heavy atom. The smallest absolute Gasteiger partial charge is 0.317 e. The van der Waals surface area contributed by atoms with Crippen LogP contribution in [0.1, 0.15) is 37.7 Å². The van der Waals surface area contributed by atoms with E-state index in [0.717, 1.165) is 43.7 Å². The second-order valence-electron chi connectivity index (χ2n) is 6.85. The zero-order valence-corrected chi connectivity index (χ0v) is 14.8. The van der Waals surface area contributed by atoms with E-state index in [1.54, 1.807) is 0 Å². The minimum absolute atomic E-state index is 0.0404. The number of amides is 3. The lowest BCUT2D eigenvalue weighted by Gasteiger charge is -2.28. The Labute approximate surface area is 149 Å². The number of nitrogens with zero attached hydrogens (tertiary/aromatic N) is 2. The van der Waals surface area contributed by atoms with Gasteiger partial charge in [0, 0.05) is 38.4 Å². The average molecular weight is 344 g/mol. The lowest BCUT2D eigenvalue weighted by molar-refractivity contribution is -0.120. The lowest BCUT2D eigenvalue weighted by atomic mass is 10.1. The molecule has 0 atom stereocenters. The standard InChI is InChI=1S/C19H28N4O2/c24-18-15-23(13-10-20-18)17-8-6-16(7-9-17)14-21-19(25)22-11-4-2-1-3-5-12-22/h6-9H,1-5,10-15H2,(H,20,24)(H,21,25). The van der Waals surface area contributed by atoms with Gasteiger partial charge in [0.05, 0.1) is 6.54 Å². The summed E-state index contributed by atoms with van der Waals surface area (Å²) >= 11 is 0. The number of carbonyl (C=O) groups is 2. The third kappa shape index (κ3) is 5.11. The molecule has 1 aromatic rings. The van der Waals surface area contributed by atoms with E-state index in [-0.39, 0.29) is 11.9 Å². The third-order valence-corrected chi connectivity index (χ3v) is 4.93. The highest BCUT2D eigenvalue weighted by Crippen LogP contribution is 2.16. The first-order valence-electron chi connectivity index (χ1n) is 9.36. The molecule has 2 heterocycles. The molecule has 1 aromatic carbocycles. The summed E-state index contributed by atoms with van der Waals surface area (Å²) in [4.78, 5) is 27.8. The number of benzene rings is 1. The zero-order valence-electron chi connectivity index (χ0n) is 14.8. The highest BCUT2D eigenvalue weighted by molar-refractivity contribution is 5.82. The van der Waals surface area contributed by atoms with Crippen LogP contribution in [-0.2, 0) is 11.3 Å². The molecule has 2 fully saturated rings. The van der Waals surface area contributed by atoms with Crippen molar-refractivity contribution in [1.82, 2.24) is 15.5 Å². The molecule has 2 saturated heterocycles. The first-order chi connectivity index (χ1) is 12.2. The Bertz CT molecular complexity index is 580. The van der Waals surface area contributed by atoms with Gasteiger partial charge >= 0.3 is 6.03 Å². The molecule has 0 bridgehead atoms. The normalized spacial score (nSPS) is 19.0. The van der Waals surface area contributed by atoms with E-state index in [2.05, 4.69) is 15.5 Å². The molecule has 0 spiro atoms. The molecule has 0 unspecified atom stereocenters. The molecule has 2 N–H and O–H groups in total. The lowest BCUT2D eigenvalue weighted by Crippen LogP contribution is -2.47. The molecule has 0 radical (unpaired) electrons. The molecule has 6 heteroatoms. The van der Waals surface area contributed by atoms with Crippen LogP contribution in [-0.4, -0.2) is 49.6 Å². The number of piperazine rings is 1. The Hall–Kier alpha value is -2.24. The van der Waals surface area contributed by atoms with Gasteiger partial charge in [-0.2, -0.15) is 0 Å². The average Bonchev–Trinajstić information content (AvgIpc) is 2.60. The molecular weight excluding hydrogens is 316 g/mol. The van der Waals surface area contributed by atoms with Crippen molar-refractivity contribution in [1.29, 1.82) is 0 Å². The van der Waals surface area contributed by atoms with E-state index in [9.17, 15) is 9.59 Å². The van der Waals surface area contributed by atoms with Crippen LogP contribution >= 0.6 is 0 Å². The molecule has 3 amide bonds. The number of carbonyl (C=O) groups excluding carboxylic acids is 2. The summed E-state index contributed by atoms with van der Waals surface area (Å²) in [7, 11) is 0. The van der Waals surface area contributed by atoms with Gasteiger partial charge in [-0.1, -0.05) is 31.4 Å². The maximum Gasteiger partial charge on any atom is 0.317 e. The van der Waals surface area contributed by atoms with Crippen molar-refractivity contribution in [3.8, 4) is 0 Å². The maximum absolute atomic E-state index is 12.3. The van der Waals surface area contributed by atoms with Gasteiger partial charge in [0.25, 0.3) is 0 Å². The summed E-state index contributed by atoms with van der Waals surface area (Å²) in [6.45, 7) is 4.19. The molecule has 0 aromatic heterocycles.